The molecule has 6 nitrogen and oxygen atoms in total. The molecular formula is C19H19FN4O2S. The third kappa shape index (κ3) is 4.28. The summed E-state index contributed by atoms with van der Waals surface area (Å²) in [4.78, 5) is 31.3. The Balaban J connectivity index is 1.65. The van der Waals surface area contributed by atoms with Crippen molar-refractivity contribution < 1.29 is 14.0 Å². The molecule has 0 aliphatic carbocycles. The number of para-hydroxylation sites is 2. The van der Waals surface area contributed by atoms with Gasteiger partial charge in [0.15, 0.2) is 0 Å². The van der Waals surface area contributed by atoms with Crippen LogP contribution in [0.15, 0.2) is 36.4 Å². The predicted molar refractivity (Wildman–Crippen MR) is 105 cm³/mol. The molecule has 27 heavy (non-hydrogen) atoms. The Hall–Kier alpha value is -2.87. The number of aromatic nitrogens is 2. The first kappa shape index (κ1) is 18.9. The Labute approximate surface area is 159 Å². The number of thioether (sulfide) groups is 1. The van der Waals surface area contributed by atoms with Crippen molar-refractivity contribution in [1.29, 1.82) is 0 Å². The fraction of sp³-hybridized carbons (Fsp3) is 0.211. The van der Waals surface area contributed by atoms with E-state index < -0.39 is 11.7 Å². The van der Waals surface area contributed by atoms with Gasteiger partial charge in [0, 0.05) is 16.8 Å². The van der Waals surface area contributed by atoms with Crippen LogP contribution in [0.25, 0.3) is 11.0 Å². The summed E-state index contributed by atoms with van der Waals surface area (Å²) in [7, 11) is 0. The molecule has 0 bridgehead atoms. The van der Waals surface area contributed by atoms with E-state index >= 15 is 0 Å². The van der Waals surface area contributed by atoms with Crippen molar-refractivity contribution in [2.24, 2.45) is 5.73 Å². The number of benzene rings is 2. The van der Waals surface area contributed by atoms with Gasteiger partial charge in [-0.1, -0.05) is 12.1 Å². The van der Waals surface area contributed by atoms with Gasteiger partial charge in [0.05, 0.1) is 22.0 Å². The largest absolute Gasteiger partial charge is 0.366 e. The highest BCUT2D eigenvalue weighted by atomic mass is 32.2. The van der Waals surface area contributed by atoms with Gasteiger partial charge in [-0.3, -0.25) is 9.59 Å². The molecule has 0 aliphatic rings. The van der Waals surface area contributed by atoms with E-state index in [2.05, 4.69) is 15.3 Å². The number of carbonyl (C=O) groups is 2. The number of aromatic amines is 1. The minimum Gasteiger partial charge on any atom is -0.366 e. The number of hydrogen-bond donors (Lipinski definition) is 3. The van der Waals surface area contributed by atoms with E-state index in [1.807, 2.05) is 31.2 Å². The lowest BCUT2D eigenvalue weighted by Gasteiger charge is -2.12. The summed E-state index contributed by atoms with van der Waals surface area (Å²) in [6, 6.07) is 10.1. The van der Waals surface area contributed by atoms with Gasteiger partial charge in [-0.25, -0.2) is 9.37 Å². The Kier molecular flexibility index (Phi) is 5.46. The van der Waals surface area contributed by atoms with Crippen molar-refractivity contribution in [3.05, 3.63) is 59.2 Å². The Morgan fingerprint density at radius 1 is 1.33 bits per heavy atom. The summed E-state index contributed by atoms with van der Waals surface area (Å²) in [5, 5.41) is 2.61. The zero-order valence-electron chi connectivity index (χ0n) is 14.9. The number of anilines is 1. The number of imidazole rings is 1. The second kappa shape index (κ2) is 7.79. The van der Waals surface area contributed by atoms with Crippen LogP contribution in [0.5, 0.6) is 0 Å². The summed E-state index contributed by atoms with van der Waals surface area (Å²) in [5.41, 5.74) is 7.52. The molecule has 8 heteroatoms. The lowest BCUT2D eigenvalue weighted by molar-refractivity contribution is -0.113. The van der Waals surface area contributed by atoms with E-state index in [9.17, 15) is 14.0 Å². The number of nitrogens with two attached hydrogens (primary N) is 1. The number of nitrogens with zero attached hydrogens (tertiary/aromatic N) is 1. The molecule has 2 amide bonds. The molecule has 0 aliphatic heterocycles. The fourth-order valence-corrected chi connectivity index (χ4v) is 3.32. The first-order valence-corrected chi connectivity index (χ1v) is 9.36. The van der Waals surface area contributed by atoms with Gasteiger partial charge >= 0.3 is 0 Å². The minimum atomic E-state index is -0.753. The second-order valence-corrected chi connectivity index (χ2v) is 7.46. The van der Waals surface area contributed by atoms with Crippen molar-refractivity contribution >= 4 is 40.3 Å². The van der Waals surface area contributed by atoms with Crippen LogP contribution < -0.4 is 11.1 Å². The van der Waals surface area contributed by atoms with E-state index in [0.717, 1.165) is 22.9 Å². The number of carbonyl (C=O) groups excluding carboxylic acids is 2. The molecule has 1 aromatic heterocycles. The zero-order valence-corrected chi connectivity index (χ0v) is 15.7. The van der Waals surface area contributed by atoms with Crippen LogP contribution in [0.1, 0.15) is 33.9 Å². The molecule has 1 heterocycles. The number of fused-ring (bicyclic) bond motifs is 1. The Morgan fingerprint density at radius 3 is 2.78 bits per heavy atom. The Bertz CT molecular complexity index is 985. The third-order valence-corrected chi connectivity index (χ3v) is 5.31. The second-order valence-electron chi connectivity index (χ2n) is 6.14. The van der Waals surface area contributed by atoms with Gasteiger partial charge in [0.2, 0.25) is 11.8 Å². The number of H-pyrrole nitrogens is 1. The highest BCUT2D eigenvalue weighted by Crippen LogP contribution is 2.28. The van der Waals surface area contributed by atoms with Gasteiger partial charge in [-0.05, 0) is 38.1 Å². The van der Waals surface area contributed by atoms with E-state index in [-0.39, 0.29) is 33.7 Å². The lowest BCUT2D eigenvalue weighted by Crippen LogP contribution is -2.18. The van der Waals surface area contributed by atoms with Crippen LogP contribution in [0.3, 0.4) is 0 Å². The summed E-state index contributed by atoms with van der Waals surface area (Å²) < 4.78 is 13.9. The normalized spacial score (nSPS) is 12.1. The van der Waals surface area contributed by atoms with Crippen LogP contribution >= 0.6 is 11.8 Å². The maximum atomic E-state index is 13.9. The number of amides is 2. The predicted octanol–water partition coefficient (Wildman–Crippen LogP) is 3.54. The first-order chi connectivity index (χ1) is 12.8. The van der Waals surface area contributed by atoms with Gasteiger partial charge in [0.25, 0.3) is 0 Å². The quantitative estimate of drug-likeness (QED) is 0.603. The van der Waals surface area contributed by atoms with Crippen molar-refractivity contribution in [3.63, 3.8) is 0 Å². The fourth-order valence-electron chi connectivity index (χ4n) is 2.58. The monoisotopic (exact) mass is 386 g/mol. The van der Waals surface area contributed by atoms with E-state index in [4.69, 9.17) is 5.73 Å². The highest BCUT2D eigenvalue weighted by molar-refractivity contribution is 8.00. The molecule has 0 saturated heterocycles. The number of rotatable bonds is 6. The van der Waals surface area contributed by atoms with Crippen molar-refractivity contribution in [2.75, 3.05) is 11.1 Å². The zero-order chi connectivity index (χ0) is 19.6. The van der Waals surface area contributed by atoms with Crippen LogP contribution in [0, 0.1) is 12.7 Å². The molecule has 0 fully saturated rings. The van der Waals surface area contributed by atoms with Gasteiger partial charge in [-0.15, -0.1) is 11.8 Å². The van der Waals surface area contributed by atoms with Gasteiger partial charge < -0.3 is 16.0 Å². The maximum Gasteiger partial charge on any atom is 0.248 e. The first-order valence-electron chi connectivity index (χ1n) is 8.31. The van der Waals surface area contributed by atoms with Crippen molar-refractivity contribution in [1.82, 2.24) is 9.97 Å². The number of nitrogens with one attached hydrogen (secondary N) is 2. The number of primary amides is 1. The molecule has 0 spiro atoms. The van der Waals surface area contributed by atoms with Crippen LogP contribution in [-0.2, 0) is 4.79 Å². The third-order valence-electron chi connectivity index (χ3n) is 4.16. The molecule has 4 N–H and O–H groups in total. The molecule has 1 atom stereocenters. The molecule has 3 aromatic rings. The molecule has 1 unspecified atom stereocenters. The molecule has 0 saturated carbocycles. The SMILES string of the molecule is Cc1c(F)cc(C(N)=O)cc1NC(=O)CSC(C)c1nc2ccccc2[nH]1. The van der Waals surface area contributed by atoms with Gasteiger partial charge in [0.1, 0.15) is 11.6 Å². The number of hydrogen-bond acceptors (Lipinski definition) is 4. The Morgan fingerprint density at radius 2 is 2.07 bits per heavy atom. The van der Waals surface area contributed by atoms with Crippen molar-refractivity contribution in [3.8, 4) is 0 Å². The standard InChI is InChI=1S/C19H19FN4O2S/c1-10-13(20)7-12(18(21)26)8-16(10)22-17(25)9-27-11(2)19-23-14-5-3-4-6-15(14)24-19/h3-8,11H,9H2,1-2H3,(H2,21,26)(H,22,25)(H,23,24). The summed E-state index contributed by atoms with van der Waals surface area (Å²) in [5.74, 6) is -0.707. The van der Waals surface area contributed by atoms with Crippen LogP contribution in [0.4, 0.5) is 10.1 Å². The molecule has 3 rings (SSSR count). The summed E-state index contributed by atoms with van der Waals surface area (Å²) in [6.07, 6.45) is 0. The summed E-state index contributed by atoms with van der Waals surface area (Å²) in [6.45, 7) is 3.48. The molecule has 0 radical (unpaired) electrons. The van der Waals surface area contributed by atoms with Crippen molar-refractivity contribution in [2.45, 2.75) is 19.1 Å². The van der Waals surface area contributed by atoms with Crippen LogP contribution in [0.2, 0.25) is 0 Å². The van der Waals surface area contributed by atoms with Crippen LogP contribution in [-0.4, -0.2) is 27.5 Å². The molecule has 140 valence electrons. The minimum absolute atomic E-state index is 0.0108. The average molecular weight is 386 g/mol. The van der Waals surface area contributed by atoms with E-state index in [1.165, 1.54) is 24.8 Å². The average Bonchev–Trinajstić information content (AvgIpc) is 3.07. The lowest BCUT2D eigenvalue weighted by atomic mass is 10.1. The smallest absolute Gasteiger partial charge is 0.248 e. The van der Waals surface area contributed by atoms with Gasteiger partial charge in [-0.2, -0.15) is 0 Å². The number of halogens is 1. The maximum absolute atomic E-state index is 13.9. The van der Waals surface area contributed by atoms with E-state index in [0.29, 0.717) is 0 Å². The molecular weight excluding hydrogens is 367 g/mol. The molecule has 2 aromatic carbocycles. The summed E-state index contributed by atoms with van der Waals surface area (Å²) >= 11 is 1.40. The van der Waals surface area contributed by atoms with E-state index in [1.54, 1.807) is 0 Å². The topological polar surface area (TPSA) is 101 Å². The highest BCUT2D eigenvalue weighted by Gasteiger charge is 2.16.